The SMILES string of the molecule is Cc1cc(CNC2=NCCN2C)c2[nH]c(C)c(C)c2c1. The number of nitrogens with one attached hydrogen (secondary N) is 2. The average Bonchev–Trinajstić information content (AvgIpc) is 2.93. The molecular formula is C16H22N4. The molecule has 0 unspecified atom stereocenters. The Morgan fingerprint density at radius 2 is 2.10 bits per heavy atom. The van der Waals surface area contributed by atoms with Crippen LogP contribution in [0, 0.1) is 20.8 Å². The summed E-state index contributed by atoms with van der Waals surface area (Å²) >= 11 is 0. The number of aryl methyl sites for hydroxylation is 3. The van der Waals surface area contributed by atoms with E-state index in [1.807, 2.05) is 0 Å². The molecule has 0 bridgehead atoms. The van der Waals surface area contributed by atoms with Gasteiger partial charge in [-0.3, -0.25) is 4.99 Å². The fraction of sp³-hybridized carbons (Fsp3) is 0.438. The number of benzene rings is 1. The summed E-state index contributed by atoms with van der Waals surface area (Å²) in [6.45, 7) is 9.18. The number of aromatic amines is 1. The van der Waals surface area contributed by atoms with E-state index in [1.54, 1.807) is 0 Å². The number of rotatable bonds is 2. The molecular weight excluding hydrogens is 248 g/mol. The quantitative estimate of drug-likeness (QED) is 0.880. The van der Waals surface area contributed by atoms with Gasteiger partial charge in [0.25, 0.3) is 0 Å². The minimum Gasteiger partial charge on any atom is -0.358 e. The second-order valence-corrected chi connectivity index (χ2v) is 5.70. The first-order chi connectivity index (χ1) is 9.56. The summed E-state index contributed by atoms with van der Waals surface area (Å²) in [6.07, 6.45) is 0. The van der Waals surface area contributed by atoms with Gasteiger partial charge >= 0.3 is 0 Å². The molecule has 106 valence electrons. The van der Waals surface area contributed by atoms with Crippen molar-refractivity contribution in [2.24, 2.45) is 4.99 Å². The first-order valence-corrected chi connectivity index (χ1v) is 7.14. The fourth-order valence-electron chi connectivity index (χ4n) is 2.83. The molecule has 0 radical (unpaired) electrons. The highest BCUT2D eigenvalue weighted by Gasteiger charge is 2.13. The van der Waals surface area contributed by atoms with Gasteiger partial charge in [-0.15, -0.1) is 0 Å². The highest BCUT2D eigenvalue weighted by Crippen LogP contribution is 2.26. The van der Waals surface area contributed by atoms with Crippen molar-refractivity contribution < 1.29 is 0 Å². The number of nitrogens with zero attached hydrogens (tertiary/aromatic N) is 2. The van der Waals surface area contributed by atoms with Crippen LogP contribution in [0.15, 0.2) is 17.1 Å². The van der Waals surface area contributed by atoms with Gasteiger partial charge < -0.3 is 15.2 Å². The summed E-state index contributed by atoms with van der Waals surface area (Å²) in [5, 5.41) is 4.79. The lowest BCUT2D eigenvalue weighted by Gasteiger charge is -2.15. The van der Waals surface area contributed by atoms with Gasteiger partial charge in [-0.05, 0) is 38.0 Å². The van der Waals surface area contributed by atoms with Crippen LogP contribution in [0.1, 0.15) is 22.4 Å². The Hall–Kier alpha value is -1.97. The molecule has 0 spiro atoms. The molecule has 3 rings (SSSR count). The fourth-order valence-corrected chi connectivity index (χ4v) is 2.83. The molecule has 1 aromatic carbocycles. The highest BCUT2D eigenvalue weighted by molar-refractivity contribution is 5.88. The first-order valence-electron chi connectivity index (χ1n) is 7.14. The predicted molar refractivity (Wildman–Crippen MR) is 84.3 cm³/mol. The third-order valence-electron chi connectivity index (χ3n) is 4.14. The van der Waals surface area contributed by atoms with Crippen molar-refractivity contribution in [1.82, 2.24) is 15.2 Å². The number of H-pyrrole nitrogens is 1. The van der Waals surface area contributed by atoms with Gasteiger partial charge in [0.1, 0.15) is 0 Å². The standard InChI is InChI=1S/C16H22N4/c1-10-7-13(9-18-16-17-5-6-20(16)4)15-14(8-10)11(2)12(3)19-15/h7-8,19H,5-6,9H2,1-4H3,(H,17,18). The predicted octanol–water partition coefficient (Wildman–Crippen LogP) is 2.48. The van der Waals surface area contributed by atoms with Crippen LogP contribution in [0.25, 0.3) is 10.9 Å². The number of fused-ring (bicyclic) bond motifs is 1. The van der Waals surface area contributed by atoms with Gasteiger partial charge in [0.15, 0.2) is 5.96 Å². The highest BCUT2D eigenvalue weighted by atomic mass is 15.3. The Bertz CT molecular complexity index is 681. The van der Waals surface area contributed by atoms with Gasteiger partial charge in [-0.1, -0.05) is 11.6 Å². The molecule has 1 aliphatic heterocycles. The summed E-state index contributed by atoms with van der Waals surface area (Å²) < 4.78 is 0. The lowest BCUT2D eigenvalue weighted by molar-refractivity contribution is 0.534. The van der Waals surface area contributed by atoms with Crippen molar-refractivity contribution in [3.05, 3.63) is 34.5 Å². The van der Waals surface area contributed by atoms with E-state index in [1.165, 1.54) is 33.3 Å². The van der Waals surface area contributed by atoms with E-state index in [2.05, 4.69) is 60.1 Å². The lowest BCUT2D eigenvalue weighted by Crippen LogP contribution is -2.35. The third kappa shape index (κ3) is 2.15. The smallest absolute Gasteiger partial charge is 0.194 e. The van der Waals surface area contributed by atoms with Crippen molar-refractivity contribution in [2.75, 3.05) is 20.1 Å². The Kier molecular flexibility index (Phi) is 3.16. The van der Waals surface area contributed by atoms with Crippen LogP contribution in [0.5, 0.6) is 0 Å². The van der Waals surface area contributed by atoms with Crippen molar-refractivity contribution in [3.63, 3.8) is 0 Å². The van der Waals surface area contributed by atoms with E-state index in [4.69, 9.17) is 0 Å². The largest absolute Gasteiger partial charge is 0.358 e. The minimum atomic E-state index is 0.806. The minimum absolute atomic E-state index is 0.806. The summed E-state index contributed by atoms with van der Waals surface area (Å²) in [4.78, 5) is 10.2. The van der Waals surface area contributed by atoms with E-state index >= 15 is 0 Å². The van der Waals surface area contributed by atoms with Crippen LogP contribution < -0.4 is 5.32 Å². The number of hydrogen-bond acceptors (Lipinski definition) is 3. The molecule has 4 heteroatoms. The van der Waals surface area contributed by atoms with Gasteiger partial charge in [-0.25, -0.2) is 0 Å². The molecule has 1 aromatic heterocycles. The Labute approximate surface area is 119 Å². The molecule has 0 atom stereocenters. The number of aliphatic imine (C=N–C) groups is 1. The van der Waals surface area contributed by atoms with Crippen molar-refractivity contribution >= 4 is 16.9 Å². The topological polar surface area (TPSA) is 43.4 Å². The van der Waals surface area contributed by atoms with Crippen LogP contribution in [0.3, 0.4) is 0 Å². The first kappa shape index (κ1) is 13.0. The van der Waals surface area contributed by atoms with E-state index in [0.29, 0.717) is 0 Å². The number of hydrogen-bond donors (Lipinski definition) is 2. The maximum absolute atomic E-state index is 4.48. The second kappa shape index (κ2) is 4.85. The maximum Gasteiger partial charge on any atom is 0.194 e. The Balaban J connectivity index is 1.93. The van der Waals surface area contributed by atoms with Gasteiger partial charge in [0.05, 0.1) is 12.1 Å². The van der Waals surface area contributed by atoms with Crippen LogP contribution in [0.2, 0.25) is 0 Å². The van der Waals surface area contributed by atoms with Crippen LogP contribution in [-0.4, -0.2) is 36.0 Å². The Morgan fingerprint density at radius 3 is 2.80 bits per heavy atom. The van der Waals surface area contributed by atoms with E-state index in [9.17, 15) is 0 Å². The zero-order valence-corrected chi connectivity index (χ0v) is 12.7. The molecule has 0 aliphatic carbocycles. The van der Waals surface area contributed by atoms with Gasteiger partial charge in [0.2, 0.25) is 0 Å². The molecule has 1 aliphatic rings. The molecule has 0 saturated heterocycles. The molecule has 0 amide bonds. The monoisotopic (exact) mass is 270 g/mol. The molecule has 0 saturated carbocycles. The zero-order chi connectivity index (χ0) is 14.3. The normalized spacial score (nSPS) is 15.0. The van der Waals surface area contributed by atoms with Gasteiger partial charge in [-0.2, -0.15) is 0 Å². The van der Waals surface area contributed by atoms with Crippen molar-refractivity contribution in [2.45, 2.75) is 27.3 Å². The summed E-state index contributed by atoms with van der Waals surface area (Å²) in [7, 11) is 2.08. The number of likely N-dealkylation sites (N-methyl/N-ethyl adjacent to an activating group) is 1. The van der Waals surface area contributed by atoms with E-state index in [-0.39, 0.29) is 0 Å². The second-order valence-electron chi connectivity index (χ2n) is 5.70. The summed E-state index contributed by atoms with van der Waals surface area (Å²) in [6, 6.07) is 4.51. The molecule has 2 N–H and O–H groups in total. The maximum atomic E-state index is 4.48. The summed E-state index contributed by atoms with van der Waals surface area (Å²) in [5.74, 6) is 1.000. The van der Waals surface area contributed by atoms with Crippen LogP contribution >= 0.6 is 0 Å². The molecule has 2 aromatic rings. The number of guanidine groups is 1. The molecule has 0 fully saturated rings. The van der Waals surface area contributed by atoms with Crippen LogP contribution in [-0.2, 0) is 6.54 Å². The molecule has 2 heterocycles. The molecule has 4 nitrogen and oxygen atoms in total. The van der Waals surface area contributed by atoms with Crippen molar-refractivity contribution in [3.8, 4) is 0 Å². The zero-order valence-electron chi connectivity index (χ0n) is 12.7. The summed E-state index contributed by atoms with van der Waals surface area (Å²) in [5.41, 5.74) is 6.46. The lowest BCUT2D eigenvalue weighted by atomic mass is 10.0. The Morgan fingerprint density at radius 1 is 1.30 bits per heavy atom. The molecule has 20 heavy (non-hydrogen) atoms. The van der Waals surface area contributed by atoms with Crippen LogP contribution in [0.4, 0.5) is 0 Å². The van der Waals surface area contributed by atoms with E-state index < -0.39 is 0 Å². The average molecular weight is 270 g/mol. The number of aromatic nitrogens is 1. The third-order valence-corrected chi connectivity index (χ3v) is 4.14. The van der Waals surface area contributed by atoms with Gasteiger partial charge in [0, 0.05) is 31.2 Å². The van der Waals surface area contributed by atoms with Crippen molar-refractivity contribution in [1.29, 1.82) is 0 Å². The van der Waals surface area contributed by atoms with E-state index in [0.717, 1.165) is 25.6 Å².